The Morgan fingerprint density at radius 2 is 1.40 bits per heavy atom. The van der Waals surface area contributed by atoms with Crippen molar-refractivity contribution < 1.29 is 14.1 Å². The Bertz CT molecular complexity index is 1400. The Balaban J connectivity index is 1.46. The SMILES string of the molecule is Cc1nn(Cc2ccc(F)cc2)c(C)c1NC(=O)c1ccc(Cn2nc(C)c([N+](=O)[O-])c2C)cc1. The number of nitro groups is 1. The third-order valence-corrected chi connectivity index (χ3v) is 5.94. The highest BCUT2D eigenvalue weighted by Crippen LogP contribution is 2.24. The largest absolute Gasteiger partial charge is 0.319 e. The van der Waals surface area contributed by atoms with Gasteiger partial charge in [0.2, 0.25) is 0 Å². The predicted octanol–water partition coefficient (Wildman–Crippen LogP) is 4.71. The lowest BCUT2D eigenvalue weighted by Gasteiger charge is -2.09. The van der Waals surface area contributed by atoms with Crippen molar-refractivity contribution in [3.63, 3.8) is 0 Å². The molecule has 1 amide bonds. The molecule has 0 spiro atoms. The van der Waals surface area contributed by atoms with Crippen molar-refractivity contribution in [3.05, 3.63) is 104 Å². The maximum atomic E-state index is 13.2. The smallest absolute Gasteiger partial charge is 0.312 e. The fraction of sp³-hybridized carbons (Fsp3) is 0.240. The first-order valence-electron chi connectivity index (χ1n) is 11.0. The van der Waals surface area contributed by atoms with E-state index in [-0.39, 0.29) is 17.4 Å². The van der Waals surface area contributed by atoms with E-state index in [2.05, 4.69) is 15.5 Å². The van der Waals surface area contributed by atoms with Crippen molar-refractivity contribution in [2.45, 2.75) is 40.8 Å². The molecule has 35 heavy (non-hydrogen) atoms. The number of rotatable bonds is 7. The maximum absolute atomic E-state index is 13.2. The summed E-state index contributed by atoms with van der Waals surface area (Å²) in [6, 6.07) is 13.2. The standard InChI is InChI=1S/C25H25FN6O3/c1-15-23(17(3)30(28-15)13-20-7-11-22(26)12-8-20)27-25(33)21-9-5-19(6-10-21)14-31-18(4)24(32(34)35)16(2)29-31/h5-12H,13-14H2,1-4H3,(H,27,33). The molecule has 9 nitrogen and oxygen atoms in total. The van der Waals surface area contributed by atoms with Gasteiger partial charge in [-0.05, 0) is 63.1 Å². The maximum Gasteiger partial charge on any atom is 0.312 e. The van der Waals surface area contributed by atoms with Gasteiger partial charge in [-0.1, -0.05) is 24.3 Å². The van der Waals surface area contributed by atoms with Gasteiger partial charge >= 0.3 is 5.69 Å². The fourth-order valence-electron chi connectivity index (χ4n) is 4.02. The van der Waals surface area contributed by atoms with Crippen LogP contribution in [0.25, 0.3) is 0 Å². The van der Waals surface area contributed by atoms with E-state index in [0.717, 1.165) is 16.8 Å². The van der Waals surface area contributed by atoms with Gasteiger partial charge in [-0.15, -0.1) is 0 Å². The average Bonchev–Trinajstić information content (AvgIpc) is 3.24. The Hall–Kier alpha value is -4.34. The van der Waals surface area contributed by atoms with Crippen molar-refractivity contribution in [3.8, 4) is 0 Å². The van der Waals surface area contributed by atoms with Crippen LogP contribution in [0.4, 0.5) is 15.8 Å². The molecule has 0 aliphatic carbocycles. The summed E-state index contributed by atoms with van der Waals surface area (Å²) in [5.41, 5.74) is 5.22. The van der Waals surface area contributed by atoms with E-state index in [9.17, 15) is 19.3 Å². The number of hydrogen-bond acceptors (Lipinski definition) is 5. The second-order valence-electron chi connectivity index (χ2n) is 8.42. The summed E-state index contributed by atoms with van der Waals surface area (Å²) >= 11 is 0. The highest BCUT2D eigenvalue weighted by molar-refractivity contribution is 6.04. The van der Waals surface area contributed by atoms with Crippen molar-refractivity contribution in [1.82, 2.24) is 19.6 Å². The van der Waals surface area contributed by atoms with E-state index in [1.807, 2.05) is 13.8 Å². The topological polar surface area (TPSA) is 108 Å². The van der Waals surface area contributed by atoms with E-state index in [4.69, 9.17) is 0 Å². The number of benzene rings is 2. The highest BCUT2D eigenvalue weighted by Gasteiger charge is 2.22. The number of halogens is 1. The summed E-state index contributed by atoms with van der Waals surface area (Å²) in [7, 11) is 0. The average molecular weight is 477 g/mol. The molecule has 0 saturated carbocycles. The molecule has 4 rings (SSSR count). The quantitative estimate of drug-likeness (QED) is 0.307. The molecule has 10 heteroatoms. The first kappa shape index (κ1) is 23.8. The Labute approximate surface area is 201 Å². The van der Waals surface area contributed by atoms with Gasteiger partial charge in [0.05, 0.1) is 35.1 Å². The molecule has 0 unspecified atom stereocenters. The van der Waals surface area contributed by atoms with Gasteiger partial charge < -0.3 is 5.32 Å². The predicted molar refractivity (Wildman–Crippen MR) is 129 cm³/mol. The number of hydrogen-bond donors (Lipinski definition) is 1. The summed E-state index contributed by atoms with van der Waals surface area (Å²) < 4.78 is 16.5. The van der Waals surface area contributed by atoms with Gasteiger partial charge in [0.25, 0.3) is 5.91 Å². The lowest BCUT2D eigenvalue weighted by atomic mass is 10.1. The number of anilines is 1. The number of carbonyl (C=O) groups is 1. The monoisotopic (exact) mass is 476 g/mol. The molecule has 0 fully saturated rings. The van der Waals surface area contributed by atoms with Gasteiger partial charge in [0.15, 0.2) is 0 Å². The van der Waals surface area contributed by atoms with Gasteiger partial charge in [-0.25, -0.2) is 4.39 Å². The van der Waals surface area contributed by atoms with E-state index >= 15 is 0 Å². The van der Waals surface area contributed by atoms with Crippen molar-refractivity contribution in [1.29, 1.82) is 0 Å². The van der Waals surface area contributed by atoms with Crippen LogP contribution >= 0.6 is 0 Å². The molecule has 2 aromatic carbocycles. The number of nitrogens with zero attached hydrogens (tertiary/aromatic N) is 5. The van der Waals surface area contributed by atoms with E-state index in [0.29, 0.717) is 41.4 Å². The van der Waals surface area contributed by atoms with E-state index in [1.165, 1.54) is 12.1 Å². The first-order chi connectivity index (χ1) is 16.6. The summed E-state index contributed by atoms with van der Waals surface area (Å²) in [5.74, 6) is -0.567. The van der Waals surface area contributed by atoms with Crippen LogP contribution in [-0.4, -0.2) is 30.4 Å². The van der Waals surface area contributed by atoms with Gasteiger partial charge in [0.1, 0.15) is 17.2 Å². The molecule has 180 valence electrons. The summed E-state index contributed by atoms with van der Waals surface area (Å²) in [5, 5.41) is 22.9. The lowest BCUT2D eigenvalue weighted by Crippen LogP contribution is -2.13. The molecular formula is C25H25FN6O3. The number of nitrogens with one attached hydrogen (secondary N) is 1. The number of carbonyl (C=O) groups excluding carboxylic acids is 1. The molecule has 0 aliphatic heterocycles. The highest BCUT2D eigenvalue weighted by atomic mass is 19.1. The van der Waals surface area contributed by atoms with Crippen LogP contribution in [0.2, 0.25) is 0 Å². The van der Waals surface area contributed by atoms with Crippen molar-refractivity contribution in [2.75, 3.05) is 5.32 Å². The minimum atomic E-state index is -0.423. The molecule has 2 aromatic heterocycles. The number of aryl methyl sites for hydroxylation is 2. The third-order valence-electron chi connectivity index (χ3n) is 5.94. The van der Waals surface area contributed by atoms with Crippen molar-refractivity contribution in [2.24, 2.45) is 0 Å². The zero-order valence-corrected chi connectivity index (χ0v) is 19.9. The van der Waals surface area contributed by atoms with Crippen LogP contribution in [0.15, 0.2) is 48.5 Å². The Morgan fingerprint density at radius 1 is 0.886 bits per heavy atom. The van der Waals surface area contributed by atoms with Crippen LogP contribution in [0, 0.1) is 43.6 Å². The molecule has 0 bridgehead atoms. The van der Waals surface area contributed by atoms with Crippen molar-refractivity contribution >= 4 is 17.3 Å². The third kappa shape index (κ3) is 4.96. The first-order valence-corrected chi connectivity index (χ1v) is 11.0. The Morgan fingerprint density at radius 3 is 1.94 bits per heavy atom. The zero-order chi connectivity index (χ0) is 25.3. The second kappa shape index (κ2) is 9.49. The number of amides is 1. The van der Waals surface area contributed by atoms with E-state index < -0.39 is 4.92 Å². The van der Waals surface area contributed by atoms with Gasteiger partial charge in [-0.2, -0.15) is 10.2 Å². The molecule has 1 N–H and O–H groups in total. The summed E-state index contributed by atoms with van der Waals surface area (Å²) in [4.78, 5) is 23.7. The molecular weight excluding hydrogens is 451 g/mol. The lowest BCUT2D eigenvalue weighted by molar-refractivity contribution is -0.386. The normalized spacial score (nSPS) is 11.0. The second-order valence-corrected chi connectivity index (χ2v) is 8.42. The van der Waals surface area contributed by atoms with Crippen LogP contribution < -0.4 is 5.32 Å². The van der Waals surface area contributed by atoms with Gasteiger partial charge in [0, 0.05) is 5.56 Å². The van der Waals surface area contributed by atoms with Crippen LogP contribution in [0.1, 0.15) is 44.3 Å². The molecule has 4 aromatic rings. The molecule has 0 atom stereocenters. The molecule has 0 aliphatic rings. The van der Waals surface area contributed by atoms with Crippen LogP contribution in [0.5, 0.6) is 0 Å². The van der Waals surface area contributed by atoms with Crippen LogP contribution in [0.3, 0.4) is 0 Å². The van der Waals surface area contributed by atoms with Crippen LogP contribution in [-0.2, 0) is 13.1 Å². The Kier molecular flexibility index (Phi) is 6.46. The minimum absolute atomic E-state index is 0.0201. The molecule has 2 heterocycles. The molecule has 0 saturated heterocycles. The summed E-state index contributed by atoms with van der Waals surface area (Å²) in [6.07, 6.45) is 0. The number of aromatic nitrogens is 4. The minimum Gasteiger partial charge on any atom is -0.319 e. The fourth-order valence-corrected chi connectivity index (χ4v) is 4.02. The van der Waals surface area contributed by atoms with Gasteiger partial charge in [-0.3, -0.25) is 24.3 Å². The zero-order valence-electron chi connectivity index (χ0n) is 19.9. The summed E-state index contributed by atoms with van der Waals surface area (Å²) in [6.45, 7) is 7.79. The molecule has 0 radical (unpaired) electrons. The van der Waals surface area contributed by atoms with E-state index in [1.54, 1.807) is 59.6 Å².